The lowest BCUT2D eigenvalue weighted by molar-refractivity contribution is -0.138. The van der Waals surface area contributed by atoms with Crippen LogP contribution in [0, 0.1) is 0 Å². The first-order valence-corrected chi connectivity index (χ1v) is 14.2. The number of carboxylic acid groups (broad SMARTS) is 1. The fourth-order valence-electron chi connectivity index (χ4n) is 5.86. The molecule has 3 aromatic carbocycles. The molecule has 0 aromatic heterocycles. The molecule has 9 heteroatoms. The Labute approximate surface area is 248 Å². The van der Waals surface area contributed by atoms with Crippen LogP contribution in [0.2, 0.25) is 0 Å². The number of amides is 1. The van der Waals surface area contributed by atoms with Crippen molar-refractivity contribution in [3.63, 3.8) is 0 Å². The number of halogens is 3. The van der Waals surface area contributed by atoms with E-state index in [1.165, 1.54) is 17.0 Å². The lowest BCUT2D eigenvalue weighted by Gasteiger charge is -2.35. The summed E-state index contributed by atoms with van der Waals surface area (Å²) in [6.07, 6.45) is -4.75. The second-order valence-electron chi connectivity index (χ2n) is 12.1. The van der Waals surface area contributed by atoms with Crippen molar-refractivity contribution in [2.45, 2.75) is 70.0 Å². The van der Waals surface area contributed by atoms with Crippen molar-refractivity contribution in [2.75, 3.05) is 10.2 Å². The van der Waals surface area contributed by atoms with Crippen LogP contribution in [-0.2, 0) is 26.0 Å². The molecule has 2 atom stereocenters. The van der Waals surface area contributed by atoms with E-state index in [2.05, 4.69) is 38.2 Å². The van der Waals surface area contributed by atoms with Crippen LogP contribution in [0.3, 0.4) is 0 Å². The van der Waals surface area contributed by atoms with Crippen molar-refractivity contribution in [1.29, 1.82) is 0 Å². The summed E-state index contributed by atoms with van der Waals surface area (Å²) in [7, 11) is 0. The first-order valence-electron chi connectivity index (χ1n) is 14.2. The summed E-state index contributed by atoms with van der Waals surface area (Å²) in [5.41, 5.74) is 3.44. The highest BCUT2D eigenvalue weighted by Gasteiger charge is 2.42. The first-order chi connectivity index (χ1) is 20.2. The molecule has 2 N–H and O–H groups in total. The van der Waals surface area contributed by atoms with E-state index >= 15 is 0 Å². The van der Waals surface area contributed by atoms with E-state index in [4.69, 9.17) is 0 Å². The molecular formula is C34H33F3N2O4. The Hall–Kier alpha value is -4.40. The molecule has 0 fully saturated rings. The molecule has 2 aliphatic rings. The van der Waals surface area contributed by atoms with Crippen molar-refractivity contribution >= 4 is 29.0 Å². The lowest BCUT2D eigenvalue weighted by Crippen LogP contribution is -2.38. The van der Waals surface area contributed by atoms with Gasteiger partial charge in [0.25, 0.3) is 0 Å². The number of benzene rings is 3. The van der Waals surface area contributed by atoms with Gasteiger partial charge in [0, 0.05) is 24.1 Å². The number of ketones is 1. The normalized spacial score (nSPS) is 18.8. The maximum absolute atomic E-state index is 14.1. The number of alkyl halides is 3. The summed E-state index contributed by atoms with van der Waals surface area (Å²) in [4.78, 5) is 40.5. The molecule has 1 aliphatic heterocycles. The fraction of sp³-hybridized carbons (Fsp3) is 0.324. The SMILES string of the molecule is CC(C)(C)c1ccc([C@H]2CC(=O)C3=C(C2)Nc2ccccc2N(C(=O)CCC(=O)O)[C@H]3c2ccc(C(F)(F)F)cc2)cc1. The van der Waals surface area contributed by atoms with Gasteiger partial charge in [0.05, 0.1) is 29.4 Å². The van der Waals surface area contributed by atoms with E-state index < -0.39 is 36.1 Å². The van der Waals surface area contributed by atoms with Crippen molar-refractivity contribution in [3.8, 4) is 0 Å². The Kier molecular flexibility index (Phi) is 7.94. The molecule has 3 aromatic rings. The molecule has 0 unspecified atom stereocenters. The van der Waals surface area contributed by atoms with Gasteiger partial charge in [-0.25, -0.2) is 0 Å². The minimum absolute atomic E-state index is 0.0331. The Morgan fingerprint density at radius 2 is 1.47 bits per heavy atom. The van der Waals surface area contributed by atoms with Gasteiger partial charge in [-0.3, -0.25) is 19.3 Å². The maximum Gasteiger partial charge on any atom is 0.416 e. The van der Waals surface area contributed by atoms with Crippen LogP contribution < -0.4 is 10.2 Å². The second kappa shape index (κ2) is 11.4. The number of anilines is 2. The molecule has 5 rings (SSSR count). The molecule has 1 amide bonds. The number of rotatable bonds is 5. The quantitative estimate of drug-likeness (QED) is 0.317. The number of carbonyl (C=O) groups excluding carboxylic acids is 2. The minimum atomic E-state index is -4.56. The Bertz CT molecular complexity index is 1590. The molecule has 0 bridgehead atoms. The molecule has 43 heavy (non-hydrogen) atoms. The van der Waals surface area contributed by atoms with Crippen LogP contribution in [0.4, 0.5) is 24.5 Å². The summed E-state index contributed by atoms with van der Waals surface area (Å²) in [5, 5.41) is 12.7. The number of hydrogen-bond donors (Lipinski definition) is 2. The Balaban J connectivity index is 1.64. The van der Waals surface area contributed by atoms with Gasteiger partial charge in [-0.2, -0.15) is 13.2 Å². The van der Waals surface area contributed by atoms with Crippen molar-refractivity contribution in [1.82, 2.24) is 0 Å². The van der Waals surface area contributed by atoms with Gasteiger partial charge in [0.2, 0.25) is 5.91 Å². The molecule has 0 radical (unpaired) electrons. The predicted octanol–water partition coefficient (Wildman–Crippen LogP) is 7.77. The zero-order valence-electron chi connectivity index (χ0n) is 24.2. The summed E-state index contributed by atoms with van der Waals surface area (Å²) in [5.74, 6) is -2.09. The number of aliphatic carboxylic acids is 1. The van der Waals surface area contributed by atoms with E-state index in [-0.39, 0.29) is 30.0 Å². The second-order valence-corrected chi connectivity index (χ2v) is 12.1. The largest absolute Gasteiger partial charge is 0.481 e. The highest BCUT2D eigenvalue weighted by atomic mass is 19.4. The topological polar surface area (TPSA) is 86.7 Å². The molecule has 0 saturated carbocycles. The van der Waals surface area contributed by atoms with E-state index in [9.17, 15) is 32.7 Å². The summed E-state index contributed by atoms with van der Waals surface area (Å²) in [6, 6.07) is 18.5. The number of carbonyl (C=O) groups is 3. The number of nitrogens with zero attached hydrogens (tertiary/aromatic N) is 1. The van der Waals surface area contributed by atoms with Crippen LogP contribution >= 0.6 is 0 Å². The zero-order chi connectivity index (χ0) is 31.1. The molecule has 1 heterocycles. The van der Waals surface area contributed by atoms with E-state index in [0.717, 1.165) is 23.3 Å². The third-order valence-corrected chi connectivity index (χ3v) is 8.11. The average Bonchev–Trinajstić information content (AvgIpc) is 3.10. The van der Waals surface area contributed by atoms with Gasteiger partial charge in [-0.15, -0.1) is 0 Å². The highest BCUT2D eigenvalue weighted by molar-refractivity contribution is 6.06. The van der Waals surface area contributed by atoms with Crippen LogP contribution in [0.1, 0.15) is 80.7 Å². The number of carboxylic acids is 1. The van der Waals surface area contributed by atoms with Gasteiger partial charge in [-0.1, -0.05) is 69.3 Å². The number of nitrogens with one attached hydrogen (secondary N) is 1. The number of allylic oxidation sites excluding steroid dienone is 1. The summed E-state index contributed by atoms with van der Waals surface area (Å²) >= 11 is 0. The first kappa shape index (κ1) is 30.1. The lowest BCUT2D eigenvalue weighted by atomic mass is 9.77. The summed E-state index contributed by atoms with van der Waals surface area (Å²) in [6.45, 7) is 6.38. The van der Waals surface area contributed by atoms with Crippen LogP contribution in [0.15, 0.2) is 84.1 Å². The summed E-state index contributed by atoms with van der Waals surface area (Å²) < 4.78 is 40.3. The van der Waals surface area contributed by atoms with E-state index in [1.807, 2.05) is 12.1 Å². The number of fused-ring (bicyclic) bond motifs is 1. The standard InChI is InChI=1S/C34H33F3N2O4/c1-33(2,3)23-12-8-20(9-13-23)22-18-26-31(28(40)19-22)32(21-10-14-24(15-11-21)34(35,36)37)39(29(41)16-17-30(42)43)27-7-5-4-6-25(27)38-26/h4-15,22,32,38H,16-19H2,1-3H3,(H,42,43)/t22-,32+/m1/s1. The van der Waals surface area contributed by atoms with Gasteiger partial charge in [0.15, 0.2) is 5.78 Å². The average molecular weight is 591 g/mol. The monoisotopic (exact) mass is 590 g/mol. The van der Waals surface area contributed by atoms with Crippen LogP contribution in [0.5, 0.6) is 0 Å². The molecule has 224 valence electrons. The van der Waals surface area contributed by atoms with Crippen molar-refractivity contribution in [2.24, 2.45) is 0 Å². The predicted molar refractivity (Wildman–Crippen MR) is 158 cm³/mol. The molecule has 0 spiro atoms. The van der Waals surface area contributed by atoms with E-state index in [0.29, 0.717) is 34.6 Å². The molecule has 0 saturated heterocycles. The van der Waals surface area contributed by atoms with Gasteiger partial charge >= 0.3 is 12.1 Å². The fourth-order valence-corrected chi connectivity index (χ4v) is 5.86. The smallest absolute Gasteiger partial charge is 0.416 e. The van der Waals surface area contributed by atoms with Crippen LogP contribution in [0.25, 0.3) is 0 Å². The van der Waals surface area contributed by atoms with Gasteiger partial charge < -0.3 is 10.4 Å². The number of para-hydroxylation sites is 2. The van der Waals surface area contributed by atoms with Crippen LogP contribution in [-0.4, -0.2) is 22.8 Å². The maximum atomic E-state index is 14.1. The van der Waals surface area contributed by atoms with Gasteiger partial charge in [0.1, 0.15) is 0 Å². The number of Topliss-reactive ketones (excluding diaryl/α,β-unsaturated/α-hetero) is 1. The molecule has 6 nitrogen and oxygen atoms in total. The molecular weight excluding hydrogens is 557 g/mol. The third kappa shape index (κ3) is 6.21. The van der Waals surface area contributed by atoms with E-state index in [1.54, 1.807) is 24.3 Å². The Morgan fingerprint density at radius 1 is 0.860 bits per heavy atom. The minimum Gasteiger partial charge on any atom is -0.481 e. The molecule has 1 aliphatic carbocycles. The van der Waals surface area contributed by atoms with Crippen molar-refractivity contribution < 1.29 is 32.7 Å². The Morgan fingerprint density at radius 3 is 2.07 bits per heavy atom. The highest BCUT2D eigenvalue weighted by Crippen LogP contribution is 2.48. The third-order valence-electron chi connectivity index (χ3n) is 8.11. The van der Waals surface area contributed by atoms with Crippen molar-refractivity contribution in [3.05, 3.63) is 106 Å². The van der Waals surface area contributed by atoms with Gasteiger partial charge in [-0.05, 0) is 58.7 Å². The number of hydrogen-bond acceptors (Lipinski definition) is 4. The zero-order valence-corrected chi connectivity index (χ0v) is 24.2.